The summed E-state index contributed by atoms with van der Waals surface area (Å²) < 4.78 is 294. The summed E-state index contributed by atoms with van der Waals surface area (Å²) in [7, 11) is 0. The van der Waals surface area contributed by atoms with Crippen molar-refractivity contribution in [2.24, 2.45) is 0 Å². The summed E-state index contributed by atoms with van der Waals surface area (Å²) in [5.41, 5.74) is -12.8. The van der Waals surface area contributed by atoms with E-state index in [1.165, 1.54) is 154 Å². The van der Waals surface area contributed by atoms with E-state index in [1.807, 2.05) is 0 Å². The van der Waals surface area contributed by atoms with Crippen LogP contribution in [-0.2, 0) is 0 Å². The summed E-state index contributed by atoms with van der Waals surface area (Å²) in [6, 6.07) is 11.2. The summed E-state index contributed by atoms with van der Waals surface area (Å²) in [5, 5.41) is 0. The fourth-order valence-electron chi connectivity index (χ4n) is 9.79. The minimum absolute atomic E-state index is 1.31. The molecule has 1 N–H and O–H groups in total. The first-order valence-electron chi connectivity index (χ1n) is 25.7. The molecule has 0 radical (unpaired) electrons. The fraction of sp³-hybridized carbons (Fsp3) is 0.455. The molecule has 0 fully saturated rings. The van der Waals surface area contributed by atoms with Crippen molar-refractivity contribution in [3.05, 3.63) is 147 Å². The summed E-state index contributed by atoms with van der Waals surface area (Å²) in [5.74, 6) is -71.4. The van der Waals surface area contributed by atoms with Crippen LogP contribution in [0, 0.1) is 116 Å². The second-order valence-corrected chi connectivity index (χ2v) is 19.0. The van der Waals surface area contributed by atoms with Crippen molar-refractivity contribution in [1.82, 2.24) is 0 Å². The predicted octanol–water partition coefficient (Wildman–Crippen LogP) is 15.3. The quantitative estimate of drug-likeness (QED) is 0.0167. The molecule has 0 bridgehead atoms. The van der Waals surface area contributed by atoms with Crippen LogP contribution in [0.15, 0.2) is 30.3 Å². The van der Waals surface area contributed by atoms with E-state index in [0.29, 0.717) is 0 Å². The fourth-order valence-corrected chi connectivity index (χ4v) is 9.79. The lowest BCUT2D eigenvalue weighted by Crippen LogP contribution is -3.07. The zero-order valence-electron chi connectivity index (χ0n) is 42.3. The molecular formula is C55H58BF20N. The third-order valence-electron chi connectivity index (χ3n) is 13.8. The van der Waals surface area contributed by atoms with Crippen molar-refractivity contribution in [3.8, 4) is 0 Å². The highest BCUT2D eigenvalue weighted by Gasteiger charge is 2.52. The van der Waals surface area contributed by atoms with Crippen LogP contribution in [0.4, 0.5) is 93.5 Å². The van der Waals surface area contributed by atoms with Gasteiger partial charge in [-0.1, -0.05) is 141 Å². The number of nitrogens with one attached hydrogen (secondary N) is 1. The summed E-state index contributed by atoms with van der Waals surface area (Å²) in [6.07, 6.45) is 22.9. The third-order valence-corrected chi connectivity index (χ3v) is 13.8. The first kappa shape index (κ1) is 64.3. The van der Waals surface area contributed by atoms with Crippen molar-refractivity contribution >= 4 is 33.7 Å². The zero-order chi connectivity index (χ0) is 57.3. The maximum Gasteiger partial charge on any atom is 0.200 e. The van der Waals surface area contributed by atoms with Crippen LogP contribution in [0.5, 0.6) is 0 Å². The van der Waals surface area contributed by atoms with Crippen LogP contribution < -0.4 is 26.8 Å². The van der Waals surface area contributed by atoms with Crippen molar-refractivity contribution in [1.29, 1.82) is 0 Å². The van der Waals surface area contributed by atoms with Crippen molar-refractivity contribution < 1.29 is 92.7 Å². The maximum absolute atomic E-state index is 15.4. The SMILES string of the molecule is CCCCCCCCCCCCCCCCCC[NH+](CCCCCCC)c1ccccc1.Fc1c(F)c(F)c([B-](c2c(F)c(F)c(F)c(F)c2F)(c2c(F)c(F)c(F)c(F)c2F)c2c(F)c(F)c(F)c(F)c2F)c(F)c1F. The molecule has 77 heavy (non-hydrogen) atoms. The Kier molecular flexibility index (Phi) is 25.2. The van der Waals surface area contributed by atoms with E-state index < -0.39 is 144 Å². The van der Waals surface area contributed by atoms with Crippen molar-refractivity contribution in [2.75, 3.05) is 13.1 Å². The molecule has 0 saturated carbocycles. The molecule has 426 valence electrons. The van der Waals surface area contributed by atoms with Crippen LogP contribution >= 0.6 is 0 Å². The molecule has 0 aliphatic heterocycles. The summed E-state index contributed by atoms with van der Waals surface area (Å²) in [4.78, 5) is 1.72. The highest BCUT2D eigenvalue weighted by molar-refractivity contribution is 7.20. The normalized spacial score (nSPS) is 12.1. The molecule has 5 aromatic carbocycles. The number of benzene rings is 5. The minimum Gasteiger partial charge on any atom is -0.302 e. The molecule has 1 unspecified atom stereocenters. The molecule has 0 saturated heterocycles. The maximum atomic E-state index is 15.4. The molecule has 0 aromatic heterocycles. The van der Waals surface area contributed by atoms with E-state index in [-0.39, 0.29) is 0 Å². The molecule has 22 heteroatoms. The van der Waals surface area contributed by atoms with Gasteiger partial charge in [0.05, 0.1) is 13.1 Å². The molecule has 0 spiro atoms. The average Bonchev–Trinajstić information content (AvgIpc) is 3.48. The van der Waals surface area contributed by atoms with Gasteiger partial charge in [-0.05, 0) is 37.8 Å². The molecule has 0 heterocycles. The Hall–Kier alpha value is -5.28. The number of halogens is 20. The lowest BCUT2D eigenvalue weighted by atomic mass is 9.12. The van der Waals surface area contributed by atoms with Crippen LogP contribution in [0.25, 0.3) is 0 Å². The van der Waals surface area contributed by atoms with E-state index in [2.05, 4.69) is 44.2 Å². The van der Waals surface area contributed by atoms with Crippen LogP contribution in [0.2, 0.25) is 0 Å². The molecule has 5 aromatic rings. The highest BCUT2D eigenvalue weighted by atomic mass is 19.2. The largest absolute Gasteiger partial charge is 0.302 e. The Labute approximate surface area is 434 Å². The second kappa shape index (κ2) is 30.2. The van der Waals surface area contributed by atoms with E-state index in [1.54, 1.807) is 4.90 Å². The number of para-hydroxylation sites is 1. The monoisotopic (exact) mass is 1120 g/mol. The van der Waals surface area contributed by atoms with Gasteiger partial charge in [-0.25, -0.2) is 87.8 Å². The average molecular weight is 1120 g/mol. The molecule has 1 nitrogen and oxygen atoms in total. The predicted molar refractivity (Wildman–Crippen MR) is 254 cm³/mol. The number of quaternary nitrogens is 1. The topological polar surface area (TPSA) is 4.44 Å². The van der Waals surface area contributed by atoms with Crippen molar-refractivity contribution in [2.45, 2.75) is 149 Å². The van der Waals surface area contributed by atoms with Gasteiger partial charge in [0, 0.05) is 0 Å². The first-order chi connectivity index (χ1) is 36.6. The van der Waals surface area contributed by atoms with Crippen LogP contribution in [0.3, 0.4) is 0 Å². The Morgan fingerprint density at radius 2 is 0.429 bits per heavy atom. The standard InChI is InChI=1S/C31H57N.C24BF20/c1-3-5-7-9-10-11-12-13-14-15-16-17-18-19-21-26-30-32(29-25-20-8-6-4-2)31-27-23-22-24-28-31;26-5-1(6(27)14(35)21(42)13(5)34)25(2-7(28)15(36)22(43)16(37)8(2)29,3-9(30)17(38)23(44)18(39)10(3)31)4-11(32)19(40)24(45)20(41)12(4)33/h22-24,27-28H,3-21,25-26,29-30H2,1-2H3;/q;-1/p+1. The molecule has 0 amide bonds. The van der Waals surface area contributed by atoms with Gasteiger partial charge in [0.2, 0.25) is 0 Å². The van der Waals surface area contributed by atoms with Gasteiger partial charge in [0.15, 0.2) is 69.8 Å². The Bertz CT molecular complexity index is 2350. The van der Waals surface area contributed by atoms with Gasteiger partial charge in [-0.15, -0.1) is 21.9 Å². The lowest BCUT2D eigenvalue weighted by Gasteiger charge is -2.44. The van der Waals surface area contributed by atoms with Gasteiger partial charge in [-0.3, -0.25) is 0 Å². The Morgan fingerprint density at radius 1 is 0.247 bits per heavy atom. The van der Waals surface area contributed by atoms with Gasteiger partial charge in [0.25, 0.3) is 0 Å². The smallest absolute Gasteiger partial charge is 0.200 e. The Morgan fingerprint density at radius 3 is 0.636 bits per heavy atom. The van der Waals surface area contributed by atoms with Crippen molar-refractivity contribution in [3.63, 3.8) is 0 Å². The molecule has 5 rings (SSSR count). The molecular weight excluding hydrogens is 1070 g/mol. The first-order valence-corrected chi connectivity index (χ1v) is 25.7. The van der Waals surface area contributed by atoms with Gasteiger partial charge >= 0.3 is 0 Å². The van der Waals surface area contributed by atoms with Gasteiger partial charge in [-0.2, -0.15) is 0 Å². The van der Waals surface area contributed by atoms with E-state index >= 15 is 35.1 Å². The van der Waals surface area contributed by atoms with Gasteiger partial charge < -0.3 is 4.90 Å². The molecule has 0 aliphatic rings. The number of unbranched alkanes of at least 4 members (excludes halogenated alkanes) is 19. The number of rotatable bonds is 28. The van der Waals surface area contributed by atoms with E-state index in [0.717, 1.165) is 0 Å². The van der Waals surface area contributed by atoms with Crippen LogP contribution in [-0.4, -0.2) is 19.2 Å². The zero-order valence-corrected chi connectivity index (χ0v) is 42.3. The van der Waals surface area contributed by atoms with E-state index in [4.69, 9.17) is 0 Å². The molecule has 0 aliphatic carbocycles. The van der Waals surface area contributed by atoms with E-state index in [9.17, 15) is 52.7 Å². The summed E-state index contributed by atoms with van der Waals surface area (Å²) in [6.45, 7) is 7.24. The van der Waals surface area contributed by atoms with Gasteiger partial charge in [0.1, 0.15) is 58.4 Å². The lowest BCUT2D eigenvalue weighted by molar-refractivity contribution is -0.833. The third kappa shape index (κ3) is 14.5. The summed E-state index contributed by atoms with van der Waals surface area (Å²) >= 11 is 0. The second-order valence-electron chi connectivity index (χ2n) is 19.0. The highest BCUT2D eigenvalue weighted by Crippen LogP contribution is 2.31. The minimum atomic E-state index is -7.22. The molecule has 1 atom stereocenters. The number of hydrogen-bond acceptors (Lipinski definition) is 0. The van der Waals surface area contributed by atoms with Crippen LogP contribution in [0.1, 0.15) is 149 Å². The number of hydrogen-bond donors (Lipinski definition) is 1. The Balaban J connectivity index is 0.000000354.